The molecule has 2 aromatic rings. The second kappa shape index (κ2) is 7.28. The first kappa shape index (κ1) is 17.5. The molecule has 1 fully saturated rings. The Bertz CT molecular complexity index is 769. The average Bonchev–Trinajstić information content (AvgIpc) is 2.62. The lowest BCUT2D eigenvalue weighted by molar-refractivity contribution is -0.128. The molecular weight excluding hydrogens is 336 g/mol. The molecule has 1 N–H and O–H groups in total. The highest BCUT2D eigenvalue weighted by molar-refractivity contribution is 6.30. The van der Waals surface area contributed by atoms with E-state index in [1.165, 1.54) is 5.56 Å². The maximum atomic E-state index is 13.0. The number of carbonyl (C=O) groups excluding carboxylic acids is 2. The maximum Gasteiger partial charge on any atom is 0.254 e. The minimum absolute atomic E-state index is 0.134. The van der Waals surface area contributed by atoms with E-state index in [2.05, 4.69) is 19.2 Å². The Morgan fingerprint density at radius 3 is 2.36 bits per heavy atom. The summed E-state index contributed by atoms with van der Waals surface area (Å²) in [5.41, 5.74) is 2.54. The lowest BCUT2D eigenvalue weighted by Gasteiger charge is -2.35. The molecule has 5 heteroatoms. The smallest absolute Gasteiger partial charge is 0.254 e. The molecule has 1 aliphatic heterocycles. The molecule has 0 aliphatic carbocycles. The molecule has 0 radical (unpaired) electrons. The van der Waals surface area contributed by atoms with Crippen molar-refractivity contribution in [1.82, 2.24) is 10.2 Å². The fourth-order valence-corrected chi connectivity index (χ4v) is 3.16. The van der Waals surface area contributed by atoms with E-state index in [-0.39, 0.29) is 11.8 Å². The Labute approximate surface area is 152 Å². The number of carbonyl (C=O) groups is 2. The molecule has 2 aromatic carbocycles. The molecule has 1 unspecified atom stereocenters. The lowest BCUT2D eigenvalue weighted by Crippen LogP contribution is -2.52. The van der Waals surface area contributed by atoms with Crippen molar-refractivity contribution in [2.75, 3.05) is 13.1 Å². The number of hydrogen-bond donors (Lipinski definition) is 1. The zero-order valence-electron chi connectivity index (χ0n) is 14.3. The first-order chi connectivity index (χ1) is 12.0. The zero-order chi connectivity index (χ0) is 18.0. The van der Waals surface area contributed by atoms with E-state index >= 15 is 0 Å². The molecule has 1 saturated heterocycles. The van der Waals surface area contributed by atoms with Crippen LogP contribution in [0.5, 0.6) is 0 Å². The van der Waals surface area contributed by atoms with Crippen LogP contribution in [0.3, 0.4) is 0 Å². The molecule has 2 amide bonds. The van der Waals surface area contributed by atoms with Gasteiger partial charge in [-0.25, -0.2) is 0 Å². The van der Waals surface area contributed by atoms with Gasteiger partial charge in [0.1, 0.15) is 6.04 Å². The number of benzene rings is 2. The minimum atomic E-state index is -0.636. The Morgan fingerprint density at radius 1 is 1.12 bits per heavy atom. The van der Waals surface area contributed by atoms with Gasteiger partial charge in [0.2, 0.25) is 5.91 Å². The van der Waals surface area contributed by atoms with Crippen LogP contribution < -0.4 is 5.32 Å². The third-order valence-corrected chi connectivity index (χ3v) is 4.73. The summed E-state index contributed by atoms with van der Waals surface area (Å²) < 4.78 is 0. The van der Waals surface area contributed by atoms with Crippen molar-refractivity contribution in [3.8, 4) is 0 Å². The van der Waals surface area contributed by atoms with Gasteiger partial charge < -0.3 is 10.2 Å². The molecule has 1 heterocycles. The van der Waals surface area contributed by atoms with E-state index in [0.717, 1.165) is 5.56 Å². The van der Waals surface area contributed by atoms with Crippen LogP contribution in [-0.4, -0.2) is 29.8 Å². The molecule has 0 saturated carbocycles. The number of halogens is 1. The Kier molecular flexibility index (Phi) is 5.09. The van der Waals surface area contributed by atoms with E-state index in [9.17, 15) is 9.59 Å². The third-order valence-electron chi connectivity index (χ3n) is 4.48. The molecule has 4 nitrogen and oxygen atoms in total. The molecule has 1 aliphatic rings. The van der Waals surface area contributed by atoms with Crippen molar-refractivity contribution in [1.29, 1.82) is 0 Å². The van der Waals surface area contributed by atoms with Crippen LogP contribution in [0.15, 0.2) is 48.5 Å². The minimum Gasteiger partial charge on any atom is -0.352 e. The predicted octanol–water partition coefficient (Wildman–Crippen LogP) is 3.78. The lowest BCUT2D eigenvalue weighted by atomic mass is 9.99. The maximum absolute atomic E-state index is 13.0. The highest BCUT2D eigenvalue weighted by atomic mass is 35.5. The van der Waals surface area contributed by atoms with Crippen LogP contribution in [0.1, 0.15) is 47.3 Å². The first-order valence-electron chi connectivity index (χ1n) is 8.41. The number of amides is 2. The summed E-state index contributed by atoms with van der Waals surface area (Å²) in [5.74, 6) is 0.109. The first-order valence-corrected chi connectivity index (χ1v) is 8.79. The van der Waals surface area contributed by atoms with Gasteiger partial charge in [0, 0.05) is 23.7 Å². The second-order valence-corrected chi connectivity index (χ2v) is 6.96. The summed E-state index contributed by atoms with van der Waals surface area (Å²) in [5, 5.41) is 3.44. The Balaban J connectivity index is 1.90. The van der Waals surface area contributed by atoms with Crippen LogP contribution in [-0.2, 0) is 4.79 Å². The van der Waals surface area contributed by atoms with Gasteiger partial charge in [-0.05, 0) is 41.3 Å². The van der Waals surface area contributed by atoms with Crippen molar-refractivity contribution in [3.05, 3.63) is 70.2 Å². The Hall–Kier alpha value is -2.33. The van der Waals surface area contributed by atoms with E-state index < -0.39 is 6.04 Å². The molecule has 3 rings (SSSR count). The van der Waals surface area contributed by atoms with Crippen LogP contribution >= 0.6 is 11.6 Å². The summed E-state index contributed by atoms with van der Waals surface area (Å²) in [6.07, 6.45) is 0. The number of nitrogens with one attached hydrogen (secondary N) is 1. The highest BCUT2D eigenvalue weighted by Gasteiger charge is 2.34. The van der Waals surface area contributed by atoms with Gasteiger partial charge in [0.15, 0.2) is 0 Å². The van der Waals surface area contributed by atoms with Crippen molar-refractivity contribution in [2.45, 2.75) is 25.8 Å². The van der Waals surface area contributed by atoms with Crippen molar-refractivity contribution < 1.29 is 9.59 Å². The predicted molar refractivity (Wildman–Crippen MR) is 98.8 cm³/mol. The second-order valence-electron chi connectivity index (χ2n) is 6.52. The van der Waals surface area contributed by atoms with Gasteiger partial charge >= 0.3 is 0 Å². The van der Waals surface area contributed by atoms with Gasteiger partial charge in [0.05, 0.1) is 0 Å². The number of piperazine rings is 1. The molecule has 0 bridgehead atoms. The zero-order valence-corrected chi connectivity index (χ0v) is 15.1. The summed E-state index contributed by atoms with van der Waals surface area (Å²) in [4.78, 5) is 27.1. The van der Waals surface area contributed by atoms with Gasteiger partial charge in [-0.2, -0.15) is 0 Å². The standard InChI is InChI=1S/C20H21ClN2O2/c1-13(2)14-3-5-16(6-4-14)20(25)23-12-11-22-19(24)18(23)15-7-9-17(21)10-8-15/h3-10,13,18H,11-12H2,1-2H3,(H,22,24). The van der Waals surface area contributed by atoms with E-state index in [1.54, 1.807) is 29.2 Å². The van der Waals surface area contributed by atoms with Crippen LogP contribution in [0.25, 0.3) is 0 Å². The fraction of sp³-hybridized carbons (Fsp3) is 0.300. The fourth-order valence-electron chi connectivity index (χ4n) is 3.04. The van der Waals surface area contributed by atoms with Gasteiger partial charge in [-0.1, -0.05) is 49.7 Å². The largest absolute Gasteiger partial charge is 0.352 e. The summed E-state index contributed by atoms with van der Waals surface area (Å²) in [6, 6.07) is 14.0. The molecule has 130 valence electrons. The SMILES string of the molecule is CC(C)c1ccc(C(=O)N2CCNC(=O)C2c2ccc(Cl)cc2)cc1. The summed E-state index contributed by atoms with van der Waals surface area (Å²) in [7, 11) is 0. The van der Waals surface area contributed by atoms with Crippen LogP contribution in [0.2, 0.25) is 5.02 Å². The van der Waals surface area contributed by atoms with Crippen molar-refractivity contribution >= 4 is 23.4 Å². The van der Waals surface area contributed by atoms with E-state index in [0.29, 0.717) is 29.6 Å². The summed E-state index contributed by atoms with van der Waals surface area (Å²) in [6.45, 7) is 5.16. The van der Waals surface area contributed by atoms with E-state index in [4.69, 9.17) is 11.6 Å². The van der Waals surface area contributed by atoms with Crippen LogP contribution in [0.4, 0.5) is 0 Å². The molecule has 25 heavy (non-hydrogen) atoms. The quantitative estimate of drug-likeness (QED) is 0.909. The van der Waals surface area contributed by atoms with Crippen LogP contribution in [0, 0.1) is 0 Å². The molecule has 0 aromatic heterocycles. The van der Waals surface area contributed by atoms with Crippen molar-refractivity contribution in [2.24, 2.45) is 0 Å². The van der Waals surface area contributed by atoms with Gasteiger partial charge in [0.25, 0.3) is 5.91 Å². The van der Waals surface area contributed by atoms with Crippen molar-refractivity contribution in [3.63, 3.8) is 0 Å². The Morgan fingerprint density at radius 2 is 1.76 bits per heavy atom. The molecular formula is C20H21ClN2O2. The van der Waals surface area contributed by atoms with Gasteiger partial charge in [-0.15, -0.1) is 0 Å². The molecule has 0 spiro atoms. The topological polar surface area (TPSA) is 49.4 Å². The number of rotatable bonds is 3. The number of hydrogen-bond acceptors (Lipinski definition) is 2. The third kappa shape index (κ3) is 3.69. The van der Waals surface area contributed by atoms with Gasteiger partial charge in [-0.3, -0.25) is 9.59 Å². The highest BCUT2D eigenvalue weighted by Crippen LogP contribution is 2.27. The van der Waals surface area contributed by atoms with E-state index in [1.807, 2.05) is 24.3 Å². The molecule has 1 atom stereocenters. The normalized spacial score (nSPS) is 17.5. The monoisotopic (exact) mass is 356 g/mol. The summed E-state index contributed by atoms with van der Waals surface area (Å²) >= 11 is 5.94. The average molecular weight is 357 g/mol. The number of nitrogens with zero attached hydrogens (tertiary/aromatic N) is 1.